The average molecular weight is 727 g/mol. The molecule has 0 saturated carbocycles. The molecule has 13 N–H and O–H groups in total. The molecule has 0 aliphatic carbocycles. The number of nitrogens with two attached hydrogens (primary N) is 5. The predicted molar refractivity (Wildman–Crippen MR) is 197 cm³/mol. The van der Waals surface area contributed by atoms with Crippen LogP contribution in [0.15, 0.2) is 48.5 Å². The minimum atomic E-state index is -0.708. The number of hydrogen-bond donors (Lipinski definition) is 8. The molecular weight excluding hydrogens is 680 g/mol. The van der Waals surface area contributed by atoms with Crippen LogP contribution in [-0.4, -0.2) is 82.6 Å². The molecule has 0 unspecified atom stereocenters. The number of pyridine rings is 2. The Morgan fingerprint density at radius 1 is 0.686 bits per heavy atom. The van der Waals surface area contributed by atoms with E-state index in [9.17, 15) is 9.59 Å². The summed E-state index contributed by atoms with van der Waals surface area (Å²) in [5.41, 5.74) is 27.1. The lowest BCUT2D eigenvalue weighted by Crippen LogP contribution is -2.22. The van der Waals surface area contributed by atoms with Crippen molar-refractivity contribution in [3.63, 3.8) is 0 Å². The molecule has 19 heteroatoms. The van der Waals surface area contributed by atoms with Gasteiger partial charge in [-0.05, 0) is 52.0 Å². The van der Waals surface area contributed by atoms with E-state index in [1.165, 1.54) is 6.07 Å². The lowest BCUT2D eigenvalue weighted by molar-refractivity contribution is 0.0154. The topological polar surface area (TPSA) is 296 Å². The summed E-state index contributed by atoms with van der Waals surface area (Å²) in [7, 11) is 3.23. The molecule has 0 fully saturated rings. The summed E-state index contributed by atoms with van der Waals surface area (Å²) in [6.07, 6.45) is 0. The third-order valence-electron chi connectivity index (χ3n) is 6.92. The molecule has 51 heavy (non-hydrogen) atoms. The second-order valence-corrected chi connectivity index (χ2v) is 11.8. The van der Waals surface area contributed by atoms with Gasteiger partial charge in [-0.3, -0.25) is 9.59 Å². The smallest absolute Gasteiger partial charge is 0.271 e. The second kappa shape index (κ2) is 19.9. The fourth-order valence-electron chi connectivity index (χ4n) is 3.77. The normalized spacial score (nSPS) is 10.9. The standard InChI is InChI=1S/C16H23N7O2.C14H16ClN5O2.C2H8N2/c1-16(2,25-3)11-5-4-6-12(21-11)20-10-9-13(19-8-7-17)22-23-14(10)15(18)24;1-14(2,22-3)9-5-4-6-11(18-9)17-8-7-10(15)19-20-12(8)13(16)21;3-1-2-4/h4-6,9H,7-8,17H2,1-3H3,(H2,18,24)(H2,19,20,21,22);4-7H,1-3H3,(H2,16,21)(H,17,18,19);1-4H2. The number of primary amides is 2. The van der Waals surface area contributed by atoms with Gasteiger partial charge < -0.3 is 54.1 Å². The third-order valence-corrected chi connectivity index (χ3v) is 7.10. The second-order valence-electron chi connectivity index (χ2n) is 11.4. The molecule has 276 valence electrons. The van der Waals surface area contributed by atoms with E-state index in [0.717, 1.165) is 11.4 Å². The van der Waals surface area contributed by atoms with Crippen LogP contribution in [0.2, 0.25) is 5.15 Å². The first-order valence-electron chi connectivity index (χ1n) is 15.6. The zero-order chi connectivity index (χ0) is 38.2. The van der Waals surface area contributed by atoms with Crippen molar-refractivity contribution in [1.82, 2.24) is 30.4 Å². The molecule has 18 nitrogen and oxygen atoms in total. The van der Waals surface area contributed by atoms with Gasteiger partial charge in [-0.1, -0.05) is 23.7 Å². The van der Waals surface area contributed by atoms with E-state index in [-0.39, 0.29) is 16.5 Å². The average Bonchev–Trinajstić information content (AvgIpc) is 3.11. The minimum absolute atomic E-state index is 0.0115. The van der Waals surface area contributed by atoms with Crippen molar-refractivity contribution in [1.29, 1.82) is 0 Å². The zero-order valence-corrected chi connectivity index (χ0v) is 30.3. The Morgan fingerprint density at radius 3 is 1.55 bits per heavy atom. The van der Waals surface area contributed by atoms with Gasteiger partial charge in [0.15, 0.2) is 22.4 Å². The van der Waals surface area contributed by atoms with Crippen LogP contribution in [0.4, 0.5) is 28.8 Å². The molecule has 0 bridgehead atoms. The van der Waals surface area contributed by atoms with E-state index < -0.39 is 23.0 Å². The van der Waals surface area contributed by atoms with Gasteiger partial charge in [0, 0.05) is 52.5 Å². The molecule has 4 heterocycles. The first-order chi connectivity index (χ1) is 24.1. The first kappa shape index (κ1) is 42.1. The monoisotopic (exact) mass is 726 g/mol. The summed E-state index contributed by atoms with van der Waals surface area (Å²) in [6, 6.07) is 14.0. The van der Waals surface area contributed by atoms with E-state index in [4.69, 9.17) is 49.7 Å². The highest BCUT2D eigenvalue weighted by atomic mass is 35.5. The maximum absolute atomic E-state index is 11.6. The van der Waals surface area contributed by atoms with E-state index in [2.05, 4.69) is 46.3 Å². The van der Waals surface area contributed by atoms with Gasteiger partial charge in [0.25, 0.3) is 11.8 Å². The zero-order valence-electron chi connectivity index (χ0n) is 29.5. The van der Waals surface area contributed by atoms with E-state index in [1.54, 1.807) is 32.4 Å². The van der Waals surface area contributed by atoms with Gasteiger partial charge in [0.05, 0.1) is 22.8 Å². The third kappa shape index (κ3) is 12.9. The number of anilines is 5. The van der Waals surface area contributed by atoms with Crippen LogP contribution in [0.25, 0.3) is 0 Å². The highest BCUT2D eigenvalue weighted by Crippen LogP contribution is 2.27. The van der Waals surface area contributed by atoms with Crippen LogP contribution < -0.4 is 44.6 Å². The highest BCUT2D eigenvalue weighted by Gasteiger charge is 2.23. The molecule has 0 aliphatic heterocycles. The van der Waals surface area contributed by atoms with Crippen molar-refractivity contribution in [3.8, 4) is 0 Å². The molecule has 0 saturated heterocycles. The van der Waals surface area contributed by atoms with E-state index in [1.807, 2.05) is 52.0 Å². The number of nitrogens with zero attached hydrogens (tertiary/aromatic N) is 6. The number of aromatic nitrogens is 6. The Labute approximate surface area is 301 Å². The molecule has 0 spiro atoms. The molecule has 2 amide bonds. The number of halogens is 1. The Morgan fingerprint density at radius 2 is 1.14 bits per heavy atom. The van der Waals surface area contributed by atoms with Crippen LogP contribution in [-0.2, 0) is 20.7 Å². The number of carbonyl (C=O) groups is 2. The molecule has 4 aromatic heterocycles. The lowest BCUT2D eigenvalue weighted by Gasteiger charge is -2.22. The predicted octanol–water partition coefficient (Wildman–Crippen LogP) is 2.12. The Kier molecular flexibility index (Phi) is 16.4. The van der Waals surface area contributed by atoms with Gasteiger partial charge in [0.1, 0.15) is 22.8 Å². The molecule has 0 aliphatic rings. The minimum Gasteiger partial charge on any atom is -0.373 e. The van der Waals surface area contributed by atoms with Crippen LogP contribution in [0.5, 0.6) is 0 Å². The molecule has 4 rings (SSSR count). The number of rotatable bonds is 14. The van der Waals surface area contributed by atoms with Crippen LogP contribution in [0, 0.1) is 0 Å². The van der Waals surface area contributed by atoms with E-state index in [0.29, 0.717) is 55.0 Å². The number of carbonyl (C=O) groups excluding carboxylic acids is 2. The van der Waals surface area contributed by atoms with E-state index >= 15 is 0 Å². The Bertz CT molecular complexity index is 1740. The maximum Gasteiger partial charge on any atom is 0.271 e. The summed E-state index contributed by atoms with van der Waals surface area (Å²) in [6.45, 7) is 9.79. The Balaban J connectivity index is 0.000000322. The van der Waals surface area contributed by atoms with Gasteiger partial charge in [0.2, 0.25) is 0 Å². The summed E-state index contributed by atoms with van der Waals surface area (Å²) < 4.78 is 10.8. The maximum atomic E-state index is 11.6. The summed E-state index contributed by atoms with van der Waals surface area (Å²) in [5, 5.41) is 24.3. The van der Waals surface area contributed by atoms with Crippen LogP contribution in [0.3, 0.4) is 0 Å². The summed E-state index contributed by atoms with van der Waals surface area (Å²) >= 11 is 5.81. The Hall–Kier alpha value is -5.11. The summed E-state index contributed by atoms with van der Waals surface area (Å²) in [4.78, 5) is 32.0. The molecule has 0 atom stereocenters. The number of nitrogens with one attached hydrogen (secondary N) is 3. The number of hydrogen-bond acceptors (Lipinski definition) is 16. The van der Waals surface area contributed by atoms with Crippen molar-refractivity contribution >= 4 is 52.2 Å². The van der Waals surface area contributed by atoms with Gasteiger partial charge in [-0.2, -0.15) is 0 Å². The summed E-state index contributed by atoms with van der Waals surface area (Å²) in [5.74, 6) is 0.122. The van der Waals surface area contributed by atoms with Crippen molar-refractivity contribution in [2.45, 2.75) is 38.9 Å². The van der Waals surface area contributed by atoms with Crippen molar-refractivity contribution in [2.24, 2.45) is 28.7 Å². The fraction of sp³-hybridized carbons (Fsp3) is 0.375. The van der Waals surface area contributed by atoms with Gasteiger partial charge >= 0.3 is 0 Å². The SMILES string of the molecule is COC(C)(C)c1cccc(Nc2cc(Cl)nnc2C(N)=O)n1.COC(C)(C)c1cccc(Nc2cc(NCCN)nnc2C(N)=O)n1.NCCN. The molecular formula is C32H47ClN14O4. The highest BCUT2D eigenvalue weighted by molar-refractivity contribution is 6.29. The van der Waals surface area contributed by atoms with Crippen LogP contribution >= 0.6 is 11.6 Å². The van der Waals surface area contributed by atoms with Crippen molar-refractivity contribution in [2.75, 3.05) is 56.3 Å². The number of amides is 2. The fourth-order valence-corrected chi connectivity index (χ4v) is 3.91. The van der Waals surface area contributed by atoms with Crippen molar-refractivity contribution in [3.05, 3.63) is 76.5 Å². The molecule has 0 aromatic carbocycles. The largest absolute Gasteiger partial charge is 0.373 e. The molecule has 0 radical (unpaired) electrons. The van der Waals surface area contributed by atoms with Crippen LogP contribution in [0.1, 0.15) is 60.1 Å². The molecule has 4 aromatic rings. The number of methoxy groups -OCH3 is 2. The van der Waals surface area contributed by atoms with Gasteiger partial charge in [-0.25, -0.2) is 9.97 Å². The lowest BCUT2D eigenvalue weighted by atomic mass is 10.0. The van der Waals surface area contributed by atoms with Crippen molar-refractivity contribution < 1.29 is 19.1 Å². The quantitative estimate of drug-likeness (QED) is 0.0922. The van der Waals surface area contributed by atoms with Gasteiger partial charge in [-0.15, -0.1) is 20.4 Å². The number of ether oxygens (including phenoxy) is 2. The first-order valence-corrected chi connectivity index (χ1v) is 15.9.